The van der Waals surface area contributed by atoms with E-state index in [0.717, 1.165) is 22.1 Å². The molecule has 0 aliphatic carbocycles. The van der Waals surface area contributed by atoms with Crippen molar-refractivity contribution in [1.29, 1.82) is 0 Å². The molecule has 1 amide bonds. The number of aromatic nitrogens is 2. The Bertz CT molecular complexity index is 1810. The summed E-state index contributed by atoms with van der Waals surface area (Å²) in [7, 11) is 0. The maximum Gasteiger partial charge on any atom is 0.336 e. The zero-order chi connectivity index (χ0) is 28.2. The van der Waals surface area contributed by atoms with Crippen molar-refractivity contribution in [2.45, 2.75) is 26.3 Å². The molecule has 0 bridgehead atoms. The number of amides is 1. The summed E-state index contributed by atoms with van der Waals surface area (Å²) < 4.78 is 16.2. The number of nitrogens with one attached hydrogen (secondary N) is 1. The predicted octanol–water partition coefficient (Wildman–Crippen LogP) is 5.53. The third kappa shape index (κ3) is 5.60. The Kier molecular flexibility index (Phi) is 7.94. The lowest BCUT2D eigenvalue weighted by atomic mass is 10.1. The molecule has 5 rings (SSSR count). The first kappa shape index (κ1) is 27.1. The Morgan fingerprint density at radius 2 is 1.65 bits per heavy atom. The van der Waals surface area contributed by atoms with Crippen LogP contribution in [0.3, 0.4) is 0 Å². The second-order valence-electron chi connectivity index (χ2n) is 9.49. The van der Waals surface area contributed by atoms with Crippen LogP contribution in [-0.2, 0) is 19.4 Å². The monoisotopic (exact) mass is 555 g/mol. The number of hydrogen-bond acceptors (Lipinski definition) is 3. The van der Waals surface area contributed by atoms with Gasteiger partial charge in [0, 0.05) is 17.1 Å². The Balaban J connectivity index is 1.59. The highest BCUT2D eigenvalue weighted by Crippen LogP contribution is 2.21. The molecule has 8 heteroatoms. The molecule has 0 spiro atoms. The van der Waals surface area contributed by atoms with E-state index in [-0.39, 0.29) is 28.4 Å². The second-order valence-corrected chi connectivity index (χ2v) is 9.90. The molecular weight excluding hydrogens is 529 g/mol. The van der Waals surface area contributed by atoms with Gasteiger partial charge in [-0.25, -0.2) is 13.8 Å². The van der Waals surface area contributed by atoms with Gasteiger partial charge in [0.1, 0.15) is 5.82 Å². The Hall–Kier alpha value is -4.49. The highest BCUT2D eigenvalue weighted by Gasteiger charge is 2.18. The first-order valence-corrected chi connectivity index (χ1v) is 13.4. The van der Waals surface area contributed by atoms with E-state index in [4.69, 9.17) is 11.6 Å². The van der Waals surface area contributed by atoms with Crippen LogP contribution >= 0.6 is 11.6 Å². The van der Waals surface area contributed by atoms with Gasteiger partial charge < -0.3 is 5.32 Å². The van der Waals surface area contributed by atoms with Crippen molar-refractivity contribution in [3.05, 3.63) is 145 Å². The van der Waals surface area contributed by atoms with Crippen molar-refractivity contribution < 1.29 is 9.18 Å². The Labute approximate surface area is 235 Å². The zero-order valence-electron chi connectivity index (χ0n) is 21.9. The van der Waals surface area contributed by atoms with Crippen molar-refractivity contribution in [2.75, 3.05) is 6.54 Å². The molecule has 5 aromatic rings. The molecule has 0 saturated carbocycles. The van der Waals surface area contributed by atoms with E-state index in [0.29, 0.717) is 29.8 Å². The van der Waals surface area contributed by atoms with Gasteiger partial charge in [-0.3, -0.25) is 14.2 Å². The van der Waals surface area contributed by atoms with Gasteiger partial charge in [-0.2, -0.15) is 0 Å². The molecule has 40 heavy (non-hydrogen) atoms. The Morgan fingerprint density at radius 1 is 0.900 bits per heavy atom. The number of carbonyl (C=O) groups excluding carboxylic acids is 1. The number of aryl methyl sites for hydroxylation is 1. The molecule has 0 fully saturated rings. The van der Waals surface area contributed by atoms with E-state index in [1.807, 2.05) is 49.4 Å². The number of nitrogens with zero attached hydrogens (tertiary/aromatic N) is 2. The van der Waals surface area contributed by atoms with Gasteiger partial charge in [0.15, 0.2) is 0 Å². The number of halogens is 2. The third-order valence-electron chi connectivity index (χ3n) is 6.89. The minimum Gasteiger partial charge on any atom is -0.352 e. The quantitative estimate of drug-likeness (QED) is 0.274. The van der Waals surface area contributed by atoms with Crippen LogP contribution in [0.2, 0.25) is 5.02 Å². The molecule has 4 aromatic carbocycles. The first-order chi connectivity index (χ1) is 19.4. The van der Waals surface area contributed by atoms with Gasteiger partial charge in [0.25, 0.3) is 11.5 Å². The molecule has 202 valence electrons. The fraction of sp³-hybridized carbons (Fsp3) is 0.156. The largest absolute Gasteiger partial charge is 0.352 e. The summed E-state index contributed by atoms with van der Waals surface area (Å²) in [5.74, 6) is -0.822. The van der Waals surface area contributed by atoms with Crippen molar-refractivity contribution >= 4 is 28.4 Å². The summed E-state index contributed by atoms with van der Waals surface area (Å²) in [6.07, 6.45) is 1.48. The van der Waals surface area contributed by atoms with E-state index < -0.39 is 17.1 Å². The molecule has 6 nitrogen and oxygen atoms in total. The topological polar surface area (TPSA) is 73.1 Å². The molecule has 0 saturated heterocycles. The van der Waals surface area contributed by atoms with Crippen LogP contribution in [0.25, 0.3) is 16.6 Å². The molecule has 1 heterocycles. The molecule has 1 aromatic heterocycles. The van der Waals surface area contributed by atoms with Crippen molar-refractivity contribution in [2.24, 2.45) is 0 Å². The van der Waals surface area contributed by atoms with Crippen molar-refractivity contribution in [1.82, 2.24) is 14.5 Å². The van der Waals surface area contributed by atoms with Crippen LogP contribution in [0.4, 0.5) is 4.39 Å². The molecule has 1 N–H and O–H groups in total. The summed E-state index contributed by atoms with van der Waals surface area (Å²) in [5.41, 5.74) is 2.59. The summed E-state index contributed by atoms with van der Waals surface area (Å²) in [4.78, 5) is 40.5. The number of carbonyl (C=O) groups is 1. The molecule has 0 unspecified atom stereocenters. The zero-order valence-corrected chi connectivity index (χ0v) is 22.6. The van der Waals surface area contributed by atoms with Crippen molar-refractivity contribution in [3.63, 3.8) is 0 Å². The number of fused-ring (bicyclic) bond motifs is 1. The van der Waals surface area contributed by atoms with Crippen LogP contribution in [0, 0.1) is 5.82 Å². The molecule has 0 aliphatic heterocycles. The van der Waals surface area contributed by atoms with Crippen LogP contribution in [0.15, 0.2) is 101 Å². The Morgan fingerprint density at radius 3 is 2.35 bits per heavy atom. The third-order valence-corrected chi connectivity index (χ3v) is 7.25. The highest BCUT2D eigenvalue weighted by molar-refractivity contribution is 6.31. The summed E-state index contributed by atoms with van der Waals surface area (Å²) in [6, 6.07) is 25.6. The summed E-state index contributed by atoms with van der Waals surface area (Å²) >= 11 is 6.31. The van der Waals surface area contributed by atoms with Crippen LogP contribution < -0.4 is 16.6 Å². The van der Waals surface area contributed by atoms with Crippen LogP contribution in [-0.4, -0.2) is 21.6 Å². The lowest BCUT2D eigenvalue weighted by molar-refractivity contribution is 0.0954. The predicted molar refractivity (Wildman–Crippen MR) is 156 cm³/mol. The average molecular weight is 556 g/mol. The molecule has 0 radical (unpaired) electrons. The minimum atomic E-state index is -0.594. The summed E-state index contributed by atoms with van der Waals surface area (Å²) in [5, 5.41) is 3.32. The summed E-state index contributed by atoms with van der Waals surface area (Å²) in [6.45, 7) is 2.42. The normalized spacial score (nSPS) is 11.1. The lowest BCUT2D eigenvalue weighted by Gasteiger charge is -2.16. The van der Waals surface area contributed by atoms with E-state index in [9.17, 15) is 18.8 Å². The van der Waals surface area contributed by atoms with E-state index in [1.54, 1.807) is 24.3 Å². The van der Waals surface area contributed by atoms with Gasteiger partial charge in [0.2, 0.25) is 0 Å². The lowest BCUT2D eigenvalue weighted by Crippen LogP contribution is -2.39. The molecule has 0 atom stereocenters. The average Bonchev–Trinajstić information content (AvgIpc) is 2.97. The van der Waals surface area contributed by atoms with Crippen LogP contribution in [0.5, 0.6) is 0 Å². The maximum atomic E-state index is 13.9. The van der Waals surface area contributed by atoms with E-state index >= 15 is 0 Å². The number of rotatable bonds is 8. The SMILES string of the molecule is CCc1ccc(-n2c(=O)c3ccc(C(=O)NCCc4ccccc4)cc3n(Cc3ccc(F)cc3Cl)c2=O)cc1. The van der Waals surface area contributed by atoms with Gasteiger partial charge in [0.05, 0.1) is 23.1 Å². The minimum absolute atomic E-state index is 0.0269. The van der Waals surface area contributed by atoms with Gasteiger partial charge in [-0.15, -0.1) is 0 Å². The number of benzene rings is 4. The van der Waals surface area contributed by atoms with Gasteiger partial charge in [-0.05, 0) is 72.0 Å². The van der Waals surface area contributed by atoms with Gasteiger partial charge in [-0.1, -0.05) is 67.1 Å². The van der Waals surface area contributed by atoms with Gasteiger partial charge >= 0.3 is 5.69 Å². The maximum absolute atomic E-state index is 13.9. The first-order valence-electron chi connectivity index (χ1n) is 13.0. The number of hydrogen-bond donors (Lipinski definition) is 1. The standard InChI is InChI=1S/C32H27ClFN3O3/c1-2-21-8-13-26(14-9-21)37-31(39)27-15-11-23(30(38)35-17-16-22-6-4-3-5-7-22)18-29(27)36(32(37)40)20-24-10-12-25(34)19-28(24)33/h3-15,18-19H,2,16-17,20H2,1H3,(H,35,38). The highest BCUT2D eigenvalue weighted by atomic mass is 35.5. The molecular formula is C32H27ClFN3O3. The van der Waals surface area contributed by atoms with E-state index in [1.165, 1.54) is 28.8 Å². The smallest absolute Gasteiger partial charge is 0.336 e. The second kappa shape index (κ2) is 11.7. The fourth-order valence-corrected chi connectivity index (χ4v) is 4.88. The van der Waals surface area contributed by atoms with Crippen molar-refractivity contribution in [3.8, 4) is 5.69 Å². The fourth-order valence-electron chi connectivity index (χ4n) is 4.66. The van der Waals surface area contributed by atoms with Crippen LogP contribution in [0.1, 0.15) is 34.0 Å². The molecule has 0 aliphatic rings. The van der Waals surface area contributed by atoms with E-state index in [2.05, 4.69) is 5.32 Å².